The van der Waals surface area contributed by atoms with Crippen molar-refractivity contribution in [3.05, 3.63) is 48.5 Å². The third-order valence-corrected chi connectivity index (χ3v) is 7.28. The predicted octanol–water partition coefficient (Wildman–Crippen LogP) is 0.326. The van der Waals surface area contributed by atoms with Crippen LogP contribution in [0.5, 0.6) is 0 Å². The molecule has 0 saturated carbocycles. The van der Waals surface area contributed by atoms with E-state index in [1.165, 1.54) is 17.2 Å². The van der Waals surface area contributed by atoms with Crippen molar-refractivity contribution < 1.29 is 47.6 Å². The largest absolute Gasteiger partial charge is 0.481 e. The van der Waals surface area contributed by atoms with Crippen molar-refractivity contribution in [1.29, 1.82) is 0 Å². The van der Waals surface area contributed by atoms with Crippen LogP contribution >= 0.6 is 15.6 Å². The van der Waals surface area contributed by atoms with Crippen LogP contribution in [0.1, 0.15) is 11.8 Å². The molecule has 0 radical (unpaired) electrons. The fourth-order valence-electron chi connectivity index (χ4n) is 3.56. The van der Waals surface area contributed by atoms with E-state index in [-0.39, 0.29) is 5.65 Å². The minimum atomic E-state index is -5.31. The quantitative estimate of drug-likeness (QED) is 0.194. The van der Waals surface area contributed by atoms with Crippen molar-refractivity contribution >= 4 is 32.6 Å². The number of rotatable bonds is 10. The first-order valence-electron chi connectivity index (χ1n) is 10.3. The number of phosphoric acid groups is 2. The van der Waals surface area contributed by atoms with Gasteiger partial charge in [0.2, 0.25) is 0 Å². The van der Waals surface area contributed by atoms with E-state index in [1.807, 2.05) is 30.3 Å². The van der Waals surface area contributed by atoms with E-state index >= 15 is 0 Å². The average molecular weight is 531 g/mol. The third kappa shape index (κ3) is 6.29. The number of hydrogen-bond acceptors (Lipinski definition) is 11. The molecule has 1 saturated heterocycles. The summed E-state index contributed by atoms with van der Waals surface area (Å²) < 4.78 is 37.6. The van der Waals surface area contributed by atoms with Crippen LogP contribution in [0.15, 0.2) is 43.0 Å². The molecule has 6 N–H and O–H groups in total. The summed E-state index contributed by atoms with van der Waals surface area (Å²) in [5, 5.41) is 24.0. The zero-order valence-electron chi connectivity index (χ0n) is 17.9. The maximum Gasteiger partial charge on any atom is 0.481 e. The summed E-state index contributed by atoms with van der Waals surface area (Å²) in [6.07, 6.45) is -2.24. The lowest BCUT2D eigenvalue weighted by Crippen LogP contribution is -2.33. The topological polar surface area (TPSA) is 219 Å². The number of imidazole rings is 1. The molecule has 1 aromatic carbocycles. The van der Waals surface area contributed by atoms with Crippen molar-refractivity contribution in [2.24, 2.45) is 0 Å². The Morgan fingerprint density at radius 2 is 1.80 bits per heavy atom. The first kappa shape index (κ1) is 25.8. The second-order valence-corrected chi connectivity index (χ2v) is 10.4. The van der Waals surface area contributed by atoms with Crippen LogP contribution in [0, 0.1) is 0 Å². The molecule has 3 aromatic rings. The van der Waals surface area contributed by atoms with Gasteiger partial charge >= 0.3 is 15.6 Å². The Bertz CT molecular complexity index is 1250. The zero-order valence-corrected chi connectivity index (χ0v) is 19.7. The number of phosphoric ester groups is 1. The standard InChI is InChI=1S/C18H23N5O10P2/c24-14-12(8-31-35(29,30)33-34(26,27)28)32-18(15(14)25)23-10-22-13-16(20-9-21-17(13)23)19-7-6-11-4-2-1-3-5-11/h1-5,9-10,12,14-15,18,24-25H,6-8H2,(H,29,30)(H,19,20,21)(H2,26,27,28)/t12?,14-,15-,18?/m1/s1. The van der Waals surface area contributed by atoms with Gasteiger partial charge in [-0.1, -0.05) is 30.3 Å². The lowest BCUT2D eigenvalue weighted by atomic mass is 10.1. The Hall–Kier alpha value is -2.29. The Morgan fingerprint density at radius 3 is 2.51 bits per heavy atom. The summed E-state index contributed by atoms with van der Waals surface area (Å²) in [6, 6.07) is 9.84. The average Bonchev–Trinajstić information content (AvgIpc) is 3.33. The highest BCUT2D eigenvalue weighted by molar-refractivity contribution is 7.60. The third-order valence-electron chi connectivity index (χ3n) is 5.13. The van der Waals surface area contributed by atoms with Crippen LogP contribution in [0.4, 0.5) is 5.82 Å². The number of hydrogen-bond donors (Lipinski definition) is 6. The van der Waals surface area contributed by atoms with Gasteiger partial charge in [0.1, 0.15) is 24.6 Å². The van der Waals surface area contributed by atoms with Crippen molar-refractivity contribution in [3.63, 3.8) is 0 Å². The second-order valence-electron chi connectivity index (χ2n) is 7.59. The van der Waals surface area contributed by atoms with Gasteiger partial charge in [-0.3, -0.25) is 9.09 Å². The van der Waals surface area contributed by atoms with Gasteiger partial charge in [0.15, 0.2) is 23.2 Å². The van der Waals surface area contributed by atoms with Gasteiger partial charge in [-0.25, -0.2) is 24.1 Å². The van der Waals surface area contributed by atoms with E-state index in [4.69, 9.17) is 14.5 Å². The van der Waals surface area contributed by atoms with E-state index in [0.717, 1.165) is 12.0 Å². The van der Waals surface area contributed by atoms with Crippen LogP contribution in [-0.2, 0) is 29.1 Å². The highest BCUT2D eigenvalue weighted by atomic mass is 31.3. The van der Waals surface area contributed by atoms with E-state index in [0.29, 0.717) is 17.9 Å². The molecule has 5 atom stereocenters. The van der Waals surface area contributed by atoms with Crippen LogP contribution in [-0.4, -0.2) is 75.9 Å². The number of ether oxygens (including phenoxy) is 1. The number of aliphatic hydroxyl groups is 2. The molecule has 17 heteroatoms. The fourth-order valence-corrected chi connectivity index (χ4v) is 5.16. The number of fused-ring (bicyclic) bond motifs is 1. The molecule has 15 nitrogen and oxygen atoms in total. The lowest BCUT2D eigenvalue weighted by molar-refractivity contribution is -0.0503. The van der Waals surface area contributed by atoms with E-state index in [1.54, 1.807) is 0 Å². The second kappa shape index (κ2) is 10.4. The Balaban J connectivity index is 1.44. The molecular formula is C18H23N5O10P2. The van der Waals surface area contributed by atoms with E-state index in [9.17, 15) is 24.2 Å². The molecule has 1 aliphatic rings. The minimum absolute atomic E-state index is 0.290. The molecule has 1 aliphatic heterocycles. The Kier molecular flexibility index (Phi) is 7.64. The summed E-state index contributed by atoms with van der Waals surface area (Å²) in [5.74, 6) is 0.452. The molecular weight excluding hydrogens is 508 g/mol. The van der Waals surface area contributed by atoms with Crippen molar-refractivity contribution in [3.8, 4) is 0 Å². The number of nitrogens with zero attached hydrogens (tertiary/aromatic N) is 4. The van der Waals surface area contributed by atoms with Gasteiger partial charge in [-0.2, -0.15) is 4.31 Å². The molecule has 3 heterocycles. The summed E-state index contributed by atoms with van der Waals surface area (Å²) >= 11 is 0. The van der Waals surface area contributed by atoms with Crippen LogP contribution in [0.2, 0.25) is 0 Å². The molecule has 1 fully saturated rings. The maximum absolute atomic E-state index is 11.7. The van der Waals surface area contributed by atoms with Crippen molar-refractivity contribution in [2.75, 3.05) is 18.5 Å². The first-order valence-corrected chi connectivity index (χ1v) is 13.3. The Morgan fingerprint density at radius 1 is 1.06 bits per heavy atom. The molecule has 0 aliphatic carbocycles. The Labute approximate surface area is 198 Å². The fraction of sp³-hybridized carbons (Fsp3) is 0.389. The van der Waals surface area contributed by atoms with Crippen LogP contribution in [0.25, 0.3) is 11.2 Å². The maximum atomic E-state index is 11.7. The normalized spacial score (nSPS) is 24.5. The predicted molar refractivity (Wildman–Crippen MR) is 119 cm³/mol. The van der Waals surface area contributed by atoms with E-state index < -0.39 is 46.8 Å². The molecule has 0 spiro atoms. The van der Waals surface area contributed by atoms with Crippen molar-refractivity contribution in [2.45, 2.75) is 31.0 Å². The minimum Gasteiger partial charge on any atom is -0.387 e. The number of nitrogens with one attached hydrogen (secondary N) is 1. The van der Waals surface area contributed by atoms with Gasteiger partial charge in [0.05, 0.1) is 12.9 Å². The van der Waals surface area contributed by atoms with Crippen molar-refractivity contribution in [1.82, 2.24) is 19.5 Å². The van der Waals surface area contributed by atoms with Gasteiger partial charge in [0, 0.05) is 6.54 Å². The number of anilines is 1. The van der Waals surface area contributed by atoms with Crippen LogP contribution < -0.4 is 5.32 Å². The van der Waals surface area contributed by atoms with Crippen LogP contribution in [0.3, 0.4) is 0 Å². The molecule has 2 aromatic heterocycles. The summed E-state index contributed by atoms with van der Waals surface area (Å²) in [4.78, 5) is 39.4. The highest BCUT2D eigenvalue weighted by Gasteiger charge is 2.46. The van der Waals surface area contributed by atoms with Gasteiger partial charge in [0.25, 0.3) is 0 Å². The smallest absolute Gasteiger partial charge is 0.387 e. The molecule has 0 amide bonds. The molecule has 35 heavy (non-hydrogen) atoms. The van der Waals surface area contributed by atoms with Gasteiger partial charge in [-0.05, 0) is 12.0 Å². The number of aliphatic hydroxyl groups excluding tert-OH is 2. The summed E-state index contributed by atoms with van der Waals surface area (Å²) in [6.45, 7) is -0.238. The zero-order chi connectivity index (χ0) is 25.2. The molecule has 3 unspecified atom stereocenters. The van der Waals surface area contributed by atoms with E-state index in [2.05, 4.69) is 29.1 Å². The molecule has 190 valence electrons. The molecule has 4 rings (SSSR count). The highest BCUT2D eigenvalue weighted by Crippen LogP contribution is 2.57. The first-order chi connectivity index (χ1) is 16.5. The summed E-state index contributed by atoms with van der Waals surface area (Å²) in [7, 11) is -10.5. The monoisotopic (exact) mass is 531 g/mol. The van der Waals surface area contributed by atoms with Gasteiger partial charge in [-0.15, -0.1) is 0 Å². The van der Waals surface area contributed by atoms with Gasteiger partial charge < -0.3 is 34.9 Å². The summed E-state index contributed by atoms with van der Waals surface area (Å²) in [5.41, 5.74) is 1.82. The number of aromatic nitrogens is 4. The lowest BCUT2D eigenvalue weighted by Gasteiger charge is -2.17. The SMILES string of the molecule is O=P(O)(O)OP(=O)(O)OCC1OC(n2cnc3c(NCCc4ccccc4)ncnc32)[C@H](O)[C@@H]1O. The number of benzene rings is 1. The molecule has 0 bridgehead atoms.